The minimum atomic E-state index is -0.617. The summed E-state index contributed by atoms with van der Waals surface area (Å²) in [4.78, 5) is 2.08. The van der Waals surface area contributed by atoms with Gasteiger partial charge in [0.2, 0.25) is 0 Å². The molecule has 1 saturated heterocycles. The normalized spacial score (nSPS) is 20.6. The number of nitrogens with zero attached hydrogens (tertiary/aromatic N) is 1. The number of aliphatic hydroxyl groups excluding tert-OH is 1. The summed E-state index contributed by atoms with van der Waals surface area (Å²) in [7, 11) is 0. The van der Waals surface area contributed by atoms with Crippen LogP contribution in [0.2, 0.25) is 0 Å². The first-order chi connectivity index (χ1) is 7.89. The SMILES string of the molecule is C[C@@H](O)c1ccc(N2CCC(C)(C)C2)c(F)c1. The predicted octanol–water partition coefficient (Wildman–Crippen LogP) is 3.12. The maximum absolute atomic E-state index is 14.0. The lowest BCUT2D eigenvalue weighted by Crippen LogP contribution is -2.23. The third-order valence-corrected chi connectivity index (χ3v) is 3.47. The van der Waals surface area contributed by atoms with E-state index in [1.165, 1.54) is 6.07 Å². The molecular weight excluding hydrogens is 217 g/mol. The molecule has 1 aliphatic heterocycles. The Hall–Kier alpha value is -1.09. The Labute approximate surface area is 102 Å². The zero-order valence-electron chi connectivity index (χ0n) is 10.7. The molecule has 2 rings (SSSR count). The monoisotopic (exact) mass is 237 g/mol. The van der Waals surface area contributed by atoms with Crippen molar-refractivity contribution >= 4 is 5.69 Å². The van der Waals surface area contributed by atoms with Gasteiger partial charge in [-0.05, 0) is 36.5 Å². The minimum Gasteiger partial charge on any atom is -0.389 e. The molecule has 1 aliphatic rings. The van der Waals surface area contributed by atoms with Crippen LogP contribution in [0.1, 0.15) is 38.9 Å². The number of aliphatic hydroxyl groups is 1. The summed E-state index contributed by atoms with van der Waals surface area (Å²) in [5.74, 6) is -0.235. The second-order valence-corrected chi connectivity index (χ2v) is 5.72. The van der Waals surface area contributed by atoms with Gasteiger partial charge in [0.05, 0.1) is 11.8 Å². The molecule has 1 N–H and O–H groups in total. The molecule has 94 valence electrons. The van der Waals surface area contributed by atoms with E-state index in [1.807, 2.05) is 0 Å². The van der Waals surface area contributed by atoms with E-state index in [1.54, 1.807) is 19.1 Å². The molecule has 0 aromatic heterocycles. The summed E-state index contributed by atoms with van der Waals surface area (Å²) in [5.41, 5.74) is 1.54. The molecule has 1 aromatic rings. The van der Waals surface area contributed by atoms with Crippen LogP contribution in [0.4, 0.5) is 10.1 Å². The van der Waals surface area contributed by atoms with Crippen LogP contribution in [0.15, 0.2) is 18.2 Å². The Morgan fingerprint density at radius 2 is 2.12 bits per heavy atom. The largest absolute Gasteiger partial charge is 0.389 e. The standard InChI is InChI=1S/C14H20FNO/c1-10(17)11-4-5-13(12(15)8-11)16-7-6-14(2,3)9-16/h4-5,8,10,17H,6-7,9H2,1-3H3/t10-/m1/s1. The predicted molar refractivity (Wildman–Crippen MR) is 67.6 cm³/mol. The highest BCUT2D eigenvalue weighted by atomic mass is 19.1. The van der Waals surface area contributed by atoms with Crippen molar-refractivity contribution in [1.82, 2.24) is 0 Å². The van der Waals surface area contributed by atoms with Gasteiger partial charge in [-0.3, -0.25) is 0 Å². The molecular formula is C14H20FNO. The fourth-order valence-corrected chi connectivity index (χ4v) is 2.36. The van der Waals surface area contributed by atoms with Gasteiger partial charge in [-0.25, -0.2) is 4.39 Å². The van der Waals surface area contributed by atoms with Crippen molar-refractivity contribution in [1.29, 1.82) is 0 Å². The van der Waals surface area contributed by atoms with E-state index in [2.05, 4.69) is 18.7 Å². The molecule has 0 unspecified atom stereocenters. The molecule has 0 saturated carbocycles. The average Bonchev–Trinajstić information content (AvgIpc) is 2.58. The van der Waals surface area contributed by atoms with Gasteiger partial charge in [0.15, 0.2) is 0 Å². The Bertz CT molecular complexity index is 415. The van der Waals surface area contributed by atoms with E-state index in [0.717, 1.165) is 19.5 Å². The molecule has 3 heteroatoms. The minimum absolute atomic E-state index is 0.235. The number of anilines is 1. The molecule has 1 aromatic carbocycles. The van der Waals surface area contributed by atoms with Crippen LogP contribution in [0, 0.1) is 11.2 Å². The maximum atomic E-state index is 14.0. The maximum Gasteiger partial charge on any atom is 0.146 e. The Morgan fingerprint density at radius 1 is 1.41 bits per heavy atom. The number of rotatable bonds is 2. The third kappa shape index (κ3) is 2.60. The smallest absolute Gasteiger partial charge is 0.146 e. The fourth-order valence-electron chi connectivity index (χ4n) is 2.36. The van der Waals surface area contributed by atoms with Gasteiger partial charge < -0.3 is 10.0 Å². The van der Waals surface area contributed by atoms with Gasteiger partial charge in [-0.15, -0.1) is 0 Å². The highest BCUT2D eigenvalue weighted by Crippen LogP contribution is 2.34. The summed E-state index contributed by atoms with van der Waals surface area (Å²) in [5, 5.41) is 9.41. The third-order valence-electron chi connectivity index (χ3n) is 3.47. The molecule has 1 heterocycles. The van der Waals surface area contributed by atoms with E-state index in [-0.39, 0.29) is 11.2 Å². The topological polar surface area (TPSA) is 23.5 Å². The molecule has 0 bridgehead atoms. The highest BCUT2D eigenvalue weighted by Gasteiger charge is 2.30. The average molecular weight is 237 g/mol. The van der Waals surface area contributed by atoms with Gasteiger partial charge in [-0.1, -0.05) is 19.9 Å². The van der Waals surface area contributed by atoms with Crippen LogP contribution in [-0.4, -0.2) is 18.2 Å². The Kier molecular flexibility index (Phi) is 3.13. The number of hydrogen-bond acceptors (Lipinski definition) is 2. The van der Waals surface area contributed by atoms with Crippen molar-refractivity contribution in [2.75, 3.05) is 18.0 Å². The number of hydrogen-bond donors (Lipinski definition) is 1. The van der Waals surface area contributed by atoms with Crippen LogP contribution in [0.25, 0.3) is 0 Å². The summed E-state index contributed by atoms with van der Waals surface area (Å²) in [6.07, 6.45) is 0.471. The van der Waals surface area contributed by atoms with Crippen molar-refractivity contribution < 1.29 is 9.50 Å². The quantitative estimate of drug-likeness (QED) is 0.854. The van der Waals surface area contributed by atoms with Gasteiger partial charge in [0.1, 0.15) is 5.82 Å². The molecule has 0 aliphatic carbocycles. The van der Waals surface area contributed by atoms with Crippen LogP contribution < -0.4 is 4.90 Å². The molecule has 0 amide bonds. The second kappa shape index (κ2) is 4.30. The van der Waals surface area contributed by atoms with Crippen molar-refractivity contribution in [2.24, 2.45) is 5.41 Å². The van der Waals surface area contributed by atoms with Crippen molar-refractivity contribution in [3.63, 3.8) is 0 Å². The fraction of sp³-hybridized carbons (Fsp3) is 0.571. The lowest BCUT2D eigenvalue weighted by Gasteiger charge is -2.22. The van der Waals surface area contributed by atoms with E-state index in [9.17, 15) is 9.50 Å². The molecule has 0 spiro atoms. The molecule has 0 radical (unpaired) electrons. The van der Waals surface area contributed by atoms with Crippen LogP contribution in [-0.2, 0) is 0 Å². The van der Waals surface area contributed by atoms with Gasteiger partial charge in [0.25, 0.3) is 0 Å². The van der Waals surface area contributed by atoms with Gasteiger partial charge in [0, 0.05) is 13.1 Å². The first-order valence-electron chi connectivity index (χ1n) is 6.11. The molecule has 1 fully saturated rings. The first-order valence-corrected chi connectivity index (χ1v) is 6.11. The van der Waals surface area contributed by atoms with Crippen molar-refractivity contribution in [3.05, 3.63) is 29.6 Å². The summed E-state index contributed by atoms with van der Waals surface area (Å²) in [6.45, 7) is 7.84. The Balaban J connectivity index is 2.23. The first kappa shape index (κ1) is 12.4. The summed E-state index contributed by atoms with van der Waals surface area (Å²) >= 11 is 0. The van der Waals surface area contributed by atoms with Gasteiger partial charge >= 0.3 is 0 Å². The lowest BCUT2D eigenvalue weighted by molar-refractivity contribution is 0.199. The lowest BCUT2D eigenvalue weighted by atomic mass is 9.93. The van der Waals surface area contributed by atoms with E-state index in [0.29, 0.717) is 11.3 Å². The number of benzene rings is 1. The zero-order chi connectivity index (χ0) is 12.6. The van der Waals surface area contributed by atoms with Gasteiger partial charge in [-0.2, -0.15) is 0 Å². The highest BCUT2D eigenvalue weighted by molar-refractivity contribution is 5.50. The molecule has 17 heavy (non-hydrogen) atoms. The summed E-state index contributed by atoms with van der Waals surface area (Å²) in [6, 6.07) is 5.01. The molecule has 1 atom stereocenters. The van der Waals surface area contributed by atoms with Crippen LogP contribution in [0.5, 0.6) is 0 Å². The Morgan fingerprint density at radius 3 is 2.59 bits per heavy atom. The van der Waals surface area contributed by atoms with E-state index < -0.39 is 6.10 Å². The van der Waals surface area contributed by atoms with Crippen LogP contribution >= 0.6 is 0 Å². The van der Waals surface area contributed by atoms with Crippen molar-refractivity contribution in [3.8, 4) is 0 Å². The number of halogens is 1. The van der Waals surface area contributed by atoms with Crippen LogP contribution in [0.3, 0.4) is 0 Å². The molecule has 2 nitrogen and oxygen atoms in total. The second-order valence-electron chi connectivity index (χ2n) is 5.72. The van der Waals surface area contributed by atoms with E-state index >= 15 is 0 Å². The van der Waals surface area contributed by atoms with Crippen molar-refractivity contribution in [2.45, 2.75) is 33.3 Å². The zero-order valence-corrected chi connectivity index (χ0v) is 10.7. The van der Waals surface area contributed by atoms with E-state index in [4.69, 9.17) is 0 Å². The summed E-state index contributed by atoms with van der Waals surface area (Å²) < 4.78 is 14.0.